The highest BCUT2D eigenvalue weighted by Gasteiger charge is 2.27. The Morgan fingerprint density at radius 3 is 2.93 bits per heavy atom. The maximum Gasteiger partial charge on any atom is 0.226 e. The summed E-state index contributed by atoms with van der Waals surface area (Å²) < 4.78 is 19.5. The topological polar surface area (TPSA) is 76.2 Å². The second kappa shape index (κ2) is 7.64. The van der Waals surface area contributed by atoms with Crippen molar-refractivity contribution < 1.29 is 18.8 Å². The zero-order chi connectivity index (χ0) is 19.7. The highest BCUT2D eigenvalue weighted by molar-refractivity contribution is 5.97. The summed E-state index contributed by atoms with van der Waals surface area (Å²) in [5.74, 6) is 0.381. The van der Waals surface area contributed by atoms with E-state index < -0.39 is 12.4 Å². The van der Waals surface area contributed by atoms with Crippen molar-refractivity contribution in [1.29, 1.82) is 0 Å². The Morgan fingerprint density at radius 2 is 2.18 bits per heavy atom. The van der Waals surface area contributed by atoms with Gasteiger partial charge in [0.1, 0.15) is 5.82 Å². The number of aromatic nitrogens is 2. The van der Waals surface area contributed by atoms with Gasteiger partial charge in [0, 0.05) is 24.0 Å². The van der Waals surface area contributed by atoms with E-state index in [0.29, 0.717) is 18.1 Å². The van der Waals surface area contributed by atoms with Crippen molar-refractivity contribution in [1.82, 2.24) is 10.1 Å². The molecular formula is C22H21FN2O3. The Bertz CT molecular complexity index is 1030. The Balaban J connectivity index is 1.54. The Morgan fingerprint density at radius 1 is 1.32 bits per heavy atom. The SMILES string of the molecule is CCc1nc(-c2ccc3c(c2)CC[C@H]3CC(=O)c2cccc(CO)c2F)no1. The zero-order valence-electron chi connectivity index (χ0n) is 15.6. The highest BCUT2D eigenvalue weighted by atomic mass is 19.1. The molecule has 1 aliphatic rings. The smallest absolute Gasteiger partial charge is 0.226 e. The van der Waals surface area contributed by atoms with E-state index in [9.17, 15) is 14.3 Å². The van der Waals surface area contributed by atoms with Gasteiger partial charge in [-0.3, -0.25) is 4.79 Å². The van der Waals surface area contributed by atoms with Crippen LogP contribution < -0.4 is 0 Å². The minimum atomic E-state index is -0.618. The van der Waals surface area contributed by atoms with Gasteiger partial charge in [-0.05, 0) is 42.0 Å². The third-order valence-corrected chi connectivity index (χ3v) is 5.35. The number of hydrogen-bond donors (Lipinski definition) is 1. The van der Waals surface area contributed by atoms with Crippen LogP contribution in [0.1, 0.15) is 58.6 Å². The van der Waals surface area contributed by atoms with Crippen molar-refractivity contribution in [2.45, 2.75) is 45.1 Å². The summed E-state index contributed by atoms with van der Waals surface area (Å²) in [4.78, 5) is 17.0. The number of aryl methyl sites for hydroxylation is 2. The molecule has 0 radical (unpaired) electrons. The van der Waals surface area contributed by atoms with Gasteiger partial charge in [0.05, 0.1) is 12.2 Å². The minimum absolute atomic E-state index is 0.0514. The highest BCUT2D eigenvalue weighted by Crippen LogP contribution is 2.38. The van der Waals surface area contributed by atoms with Crippen molar-refractivity contribution in [2.24, 2.45) is 0 Å². The Labute approximate surface area is 162 Å². The number of carbonyl (C=O) groups is 1. The lowest BCUT2D eigenvalue weighted by Crippen LogP contribution is -2.09. The predicted molar refractivity (Wildman–Crippen MR) is 101 cm³/mol. The van der Waals surface area contributed by atoms with Gasteiger partial charge in [0.15, 0.2) is 5.78 Å². The van der Waals surface area contributed by atoms with E-state index in [1.54, 1.807) is 6.07 Å². The van der Waals surface area contributed by atoms with Crippen molar-refractivity contribution in [3.05, 3.63) is 70.4 Å². The normalized spacial score (nSPS) is 15.6. The molecule has 5 nitrogen and oxygen atoms in total. The monoisotopic (exact) mass is 380 g/mol. The van der Waals surface area contributed by atoms with Crippen LogP contribution in [0, 0.1) is 5.82 Å². The van der Waals surface area contributed by atoms with Gasteiger partial charge in [-0.2, -0.15) is 4.98 Å². The van der Waals surface area contributed by atoms with Crippen LogP contribution in [0.4, 0.5) is 4.39 Å². The number of aliphatic hydroxyl groups is 1. The molecule has 0 spiro atoms. The molecule has 0 aliphatic heterocycles. The van der Waals surface area contributed by atoms with E-state index in [1.807, 2.05) is 19.1 Å². The standard InChI is InChI=1S/C22H21FN2O3/c1-2-20-24-22(25-28-20)15-8-9-17-13(10-15)6-7-14(17)11-19(27)18-5-3-4-16(12-26)21(18)23/h3-5,8-10,14,26H,2,6-7,11-12H2,1H3/t14-/m0/s1. The van der Waals surface area contributed by atoms with Gasteiger partial charge < -0.3 is 9.63 Å². The molecule has 0 saturated heterocycles. The molecule has 0 amide bonds. The maximum atomic E-state index is 14.4. The first kappa shape index (κ1) is 18.5. The number of benzene rings is 2. The number of nitrogens with zero attached hydrogens (tertiary/aromatic N) is 2. The average Bonchev–Trinajstić information content (AvgIpc) is 3.35. The van der Waals surface area contributed by atoms with Crippen molar-refractivity contribution >= 4 is 5.78 Å². The molecule has 6 heteroatoms. The minimum Gasteiger partial charge on any atom is -0.392 e. The number of rotatable bonds is 6. The third kappa shape index (κ3) is 3.36. The number of hydrogen-bond acceptors (Lipinski definition) is 5. The summed E-state index contributed by atoms with van der Waals surface area (Å²) >= 11 is 0. The van der Waals surface area contributed by atoms with Crippen LogP contribution in [0.2, 0.25) is 0 Å². The van der Waals surface area contributed by atoms with E-state index in [4.69, 9.17) is 4.52 Å². The van der Waals surface area contributed by atoms with E-state index in [0.717, 1.165) is 24.0 Å². The molecular weight excluding hydrogens is 359 g/mol. The number of fused-ring (bicyclic) bond motifs is 1. The van der Waals surface area contributed by atoms with Gasteiger partial charge in [0.2, 0.25) is 11.7 Å². The molecule has 0 bridgehead atoms. The van der Waals surface area contributed by atoms with E-state index in [-0.39, 0.29) is 29.2 Å². The van der Waals surface area contributed by atoms with Crippen LogP contribution in [0.25, 0.3) is 11.4 Å². The lowest BCUT2D eigenvalue weighted by Gasteiger charge is -2.12. The van der Waals surface area contributed by atoms with Crippen molar-refractivity contribution in [3.8, 4) is 11.4 Å². The number of halogens is 1. The molecule has 1 heterocycles. The molecule has 144 valence electrons. The molecule has 1 atom stereocenters. The Kier molecular flexibility index (Phi) is 5.05. The lowest BCUT2D eigenvalue weighted by molar-refractivity contribution is 0.0969. The lowest BCUT2D eigenvalue weighted by atomic mass is 9.92. The first-order chi connectivity index (χ1) is 13.6. The average molecular weight is 380 g/mol. The fourth-order valence-corrected chi connectivity index (χ4v) is 3.82. The first-order valence-corrected chi connectivity index (χ1v) is 9.48. The summed E-state index contributed by atoms with van der Waals surface area (Å²) in [6, 6.07) is 10.6. The summed E-state index contributed by atoms with van der Waals surface area (Å²) in [5, 5.41) is 13.2. The molecule has 2 aromatic carbocycles. The predicted octanol–water partition coefficient (Wildman–Crippen LogP) is 4.23. The molecule has 1 N–H and O–H groups in total. The van der Waals surface area contributed by atoms with Crippen LogP contribution in [-0.4, -0.2) is 21.0 Å². The third-order valence-electron chi connectivity index (χ3n) is 5.35. The van der Waals surface area contributed by atoms with Crippen molar-refractivity contribution in [3.63, 3.8) is 0 Å². The number of carbonyl (C=O) groups excluding carboxylic acids is 1. The summed E-state index contributed by atoms with van der Waals surface area (Å²) in [6.07, 6.45) is 2.65. The molecule has 1 aliphatic carbocycles. The molecule has 0 fully saturated rings. The van der Waals surface area contributed by atoms with Gasteiger partial charge in [0.25, 0.3) is 0 Å². The van der Waals surface area contributed by atoms with Gasteiger partial charge in [-0.25, -0.2) is 4.39 Å². The van der Waals surface area contributed by atoms with Crippen LogP contribution in [0.3, 0.4) is 0 Å². The Hall–Kier alpha value is -2.86. The van der Waals surface area contributed by atoms with E-state index in [2.05, 4.69) is 16.2 Å². The van der Waals surface area contributed by atoms with E-state index in [1.165, 1.54) is 17.7 Å². The fourth-order valence-electron chi connectivity index (χ4n) is 3.82. The van der Waals surface area contributed by atoms with Crippen LogP contribution in [0.5, 0.6) is 0 Å². The molecule has 0 unspecified atom stereocenters. The van der Waals surface area contributed by atoms with Crippen LogP contribution in [0.15, 0.2) is 40.9 Å². The van der Waals surface area contributed by atoms with E-state index >= 15 is 0 Å². The number of ketones is 1. The first-order valence-electron chi connectivity index (χ1n) is 9.48. The zero-order valence-corrected chi connectivity index (χ0v) is 15.6. The summed E-state index contributed by atoms with van der Waals surface area (Å²) in [6.45, 7) is 1.54. The van der Waals surface area contributed by atoms with Gasteiger partial charge >= 0.3 is 0 Å². The summed E-state index contributed by atoms with van der Waals surface area (Å²) in [7, 11) is 0. The second-order valence-corrected chi connectivity index (χ2v) is 7.08. The van der Waals surface area contributed by atoms with Crippen LogP contribution >= 0.6 is 0 Å². The van der Waals surface area contributed by atoms with Crippen molar-refractivity contribution in [2.75, 3.05) is 0 Å². The van der Waals surface area contributed by atoms with Crippen LogP contribution in [-0.2, 0) is 19.4 Å². The fraction of sp³-hybridized carbons (Fsp3) is 0.318. The van der Waals surface area contributed by atoms with Gasteiger partial charge in [-0.15, -0.1) is 0 Å². The molecule has 1 aromatic heterocycles. The number of aliphatic hydroxyl groups excluding tert-OH is 1. The quantitative estimate of drug-likeness (QED) is 0.648. The molecule has 4 rings (SSSR count). The van der Waals surface area contributed by atoms with Gasteiger partial charge in [-0.1, -0.05) is 36.3 Å². The molecule has 0 saturated carbocycles. The largest absolute Gasteiger partial charge is 0.392 e. The number of Topliss-reactive ketones (excluding diaryl/α,β-unsaturated/α-hetero) is 1. The molecule has 3 aromatic rings. The molecule has 28 heavy (non-hydrogen) atoms. The second-order valence-electron chi connectivity index (χ2n) is 7.08. The maximum absolute atomic E-state index is 14.4. The summed E-state index contributed by atoms with van der Waals surface area (Å²) in [5.41, 5.74) is 3.39.